The van der Waals surface area contributed by atoms with Crippen LogP contribution in [0.5, 0.6) is 0 Å². The van der Waals surface area contributed by atoms with E-state index in [-0.39, 0.29) is 5.52 Å². The monoisotopic (exact) mass is 260 g/mol. The quantitative estimate of drug-likeness (QED) is 0.624. The predicted octanol–water partition coefficient (Wildman–Crippen LogP) is -0.341. The number of hydrogen-bond acceptors (Lipinski definition) is 4. The summed E-state index contributed by atoms with van der Waals surface area (Å²) in [6.07, 6.45) is 1.80. The van der Waals surface area contributed by atoms with Gasteiger partial charge in [0.25, 0.3) is 5.56 Å². The van der Waals surface area contributed by atoms with E-state index >= 15 is 0 Å². The highest BCUT2D eigenvalue weighted by Gasteiger charge is 2.14. The van der Waals surface area contributed by atoms with Crippen LogP contribution in [-0.4, -0.2) is 29.3 Å². The van der Waals surface area contributed by atoms with Crippen molar-refractivity contribution in [2.24, 2.45) is 14.1 Å². The van der Waals surface area contributed by atoms with Crippen molar-refractivity contribution in [3.63, 3.8) is 0 Å². The zero-order chi connectivity index (χ0) is 13.7. The molecule has 3 aromatic heterocycles. The van der Waals surface area contributed by atoms with Crippen LogP contribution in [0.25, 0.3) is 22.6 Å². The van der Waals surface area contributed by atoms with Crippen molar-refractivity contribution >= 4 is 11.2 Å². The van der Waals surface area contributed by atoms with Gasteiger partial charge in [-0.3, -0.25) is 19.0 Å². The molecule has 3 heterocycles. The fourth-order valence-electron chi connectivity index (χ4n) is 2.06. The molecule has 3 aromatic rings. The molecule has 0 saturated heterocycles. The minimum atomic E-state index is -0.488. The van der Waals surface area contributed by atoms with E-state index in [9.17, 15) is 9.59 Å². The number of H-pyrrole nitrogens is 2. The summed E-state index contributed by atoms with van der Waals surface area (Å²) in [5.41, 5.74) is 1.23. The van der Waals surface area contributed by atoms with Crippen LogP contribution < -0.4 is 11.2 Å². The molecule has 0 fully saturated rings. The molecule has 0 saturated carbocycles. The topological polar surface area (TPSA) is 101 Å². The summed E-state index contributed by atoms with van der Waals surface area (Å²) < 4.78 is 2.96. The molecular weight excluding hydrogens is 248 g/mol. The van der Waals surface area contributed by atoms with Crippen LogP contribution in [0, 0.1) is 6.92 Å². The molecule has 8 nitrogen and oxygen atoms in total. The first-order chi connectivity index (χ1) is 8.97. The molecule has 98 valence electrons. The van der Waals surface area contributed by atoms with Gasteiger partial charge < -0.3 is 4.98 Å². The molecule has 0 radical (unpaired) electrons. The Bertz CT molecular complexity index is 894. The number of aromatic nitrogens is 6. The van der Waals surface area contributed by atoms with Crippen molar-refractivity contribution in [1.82, 2.24) is 29.3 Å². The lowest BCUT2D eigenvalue weighted by Gasteiger charge is -1.94. The first-order valence-electron chi connectivity index (χ1n) is 5.67. The highest BCUT2D eigenvalue weighted by Crippen LogP contribution is 2.20. The Hall–Kier alpha value is -2.64. The van der Waals surface area contributed by atoms with E-state index in [0.29, 0.717) is 11.5 Å². The molecule has 8 heteroatoms. The number of aryl methyl sites for hydroxylation is 3. The first kappa shape index (κ1) is 11.5. The number of aromatic amines is 2. The lowest BCUT2D eigenvalue weighted by molar-refractivity contribution is 0.756. The fourth-order valence-corrected chi connectivity index (χ4v) is 2.06. The molecule has 0 bridgehead atoms. The smallest absolute Gasteiger partial charge is 0.329 e. The van der Waals surface area contributed by atoms with E-state index in [2.05, 4.69) is 20.1 Å². The zero-order valence-electron chi connectivity index (χ0n) is 10.7. The molecule has 0 aliphatic carbocycles. The number of fused-ring (bicyclic) bond motifs is 1. The van der Waals surface area contributed by atoms with Crippen LogP contribution >= 0.6 is 0 Å². The van der Waals surface area contributed by atoms with Gasteiger partial charge in [0.2, 0.25) is 0 Å². The third-order valence-electron chi connectivity index (χ3n) is 3.02. The van der Waals surface area contributed by atoms with E-state index in [1.54, 1.807) is 17.9 Å². The molecule has 19 heavy (non-hydrogen) atoms. The molecule has 0 spiro atoms. The van der Waals surface area contributed by atoms with Gasteiger partial charge in [0, 0.05) is 20.3 Å². The Kier molecular flexibility index (Phi) is 2.21. The molecule has 0 aromatic carbocycles. The number of hydrogen-bond donors (Lipinski definition) is 2. The van der Waals surface area contributed by atoms with Gasteiger partial charge in [0.15, 0.2) is 5.65 Å². The van der Waals surface area contributed by atoms with E-state index in [1.807, 2.05) is 14.0 Å². The molecule has 3 rings (SSSR count). The molecule has 0 amide bonds. The average Bonchev–Trinajstić information content (AvgIpc) is 2.90. The minimum absolute atomic E-state index is 0.278. The van der Waals surface area contributed by atoms with Gasteiger partial charge in [-0.25, -0.2) is 9.78 Å². The Morgan fingerprint density at radius 1 is 1.21 bits per heavy atom. The van der Waals surface area contributed by atoms with Gasteiger partial charge in [-0.1, -0.05) is 0 Å². The van der Waals surface area contributed by atoms with Crippen LogP contribution in [0.4, 0.5) is 0 Å². The van der Waals surface area contributed by atoms with Gasteiger partial charge in [0.1, 0.15) is 11.3 Å². The lowest BCUT2D eigenvalue weighted by atomic mass is 10.2. The largest absolute Gasteiger partial charge is 0.332 e. The highest BCUT2D eigenvalue weighted by molar-refractivity contribution is 5.75. The van der Waals surface area contributed by atoms with Crippen LogP contribution in [0.15, 0.2) is 15.8 Å². The summed E-state index contributed by atoms with van der Waals surface area (Å²) in [4.78, 5) is 32.7. The summed E-state index contributed by atoms with van der Waals surface area (Å²) in [7, 11) is 3.36. The number of imidazole rings is 1. The summed E-state index contributed by atoms with van der Waals surface area (Å²) in [5.74, 6) is 0.521. The first-order valence-corrected chi connectivity index (χ1v) is 5.67. The molecule has 0 aliphatic heterocycles. The molecule has 0 unspecified atom stereocenters. The number of nitrogens with one attached hydrogen (secondary N) is 2. The summed E-state index contributed by atoms with van der Waals surface area (Å²) in [6.45, 7) is 1.85. The van der Waals surface area contributed by atoms with Crippen LogP contribution in [-0.2, 0) is 14.1 Å². The van der Waals surface area contributed by atoms with Crippen LogP contribution in [0.2, 0.25) is 0 Å². The SMILES string of the molecule is Cc1nn(C)cc1-c1nc2c([nH]1)c(=O)[nH]c(=O)n2C. The van der Waals surface area contributed by atoms with E-state index in [1.165, 1.54) is 4.57 Å². The minimum Gasteiger partial charge on any atom is -0.332 e. The van der Waals surface area contributed by atoms with E-state index < -0.39 is 11.2 Å². The standard InChI is InChI=1S/C11H12N6O2/c1-5-6(4-16(2)15-5)8-12-7-9(13-8)17(3)11(19)14-10(7)18/h4H,1-3H3,(H,12,13)(H,14,18,19). The van der Waals surface area contributed by atoms with Crippen molar-refractivity contribution in [3.05, 3.63) is 32.7 Å². The maximum absolute atomic E-state index is 11.7. The highest BCUT2D eigenvalue weighted by atomic mass is 16.2. The molecule has 0 atom stereocenters. The van der Waals surface area contributed by atoms with Gasteiger partial charge in [-0.15, -0.1) is 0 Å². The Morgan fingerprint density at radius 3 is 2.58 bits per heavy atom. The van der Waals surface area contributed by atoms with Crippen molar-refractivity contribution in [3.8, 4) is 11.4 Å². The predicted molar refractivity (Wildman–Crippen MR) is 68.9 cm³/mol. The number of rotatable bonds is 1. The second-order valence-corrected chi connectivity index (χ2v) is 4.40. The summed E-state index contributed by atoms with van der Waals surface area (Å²) >= 11 is 0. The summed E-state index contributed by atoms with van der Waals surface area (Å²) in [6, 6.07) is 0. The van der Waals surface area contributed by atoms with Crippen LogP contribution in [0.1, 0.15) is 5.69 Å². The van der Waals surface area contributed by atoms with Crippen LogP contribution in [0.3, 0.4) is 0 Å². The Labute approximate surface area is 106 Å². The van der Waals surface area contributed by atoms with E-state index in [0.717, 1.165) is 11.3 Å². The van der Waals surface area contributed by atoms with Gasteiger partial charge in [0.05, 0.1) is 11.3 Å². The van der Waals surface area contributed by atoms with Gasteiger partial charge in [-0.2, -0.15) is 5.10 Å². The van der Waals surface area contributed by atoms with E-state index in [4.69, 9.17) is 0 Å². The second kappa shape index (κ2) is 3.67. The van der Waals surface area contributed by atoms with Gasteiger partial charge in [-0.05, 0) is 6.92 Å². The van der Waals surface area contributed by atoms with Crippen molar-refractivity contribution < 1.29 is 0 Å². The maximum Gasteiger partial charge on any atom is 0.329 e. The normalized spacial score (nSPS) is 11.3. The Morgan fingerprint density at radius 2 is 1.95 bits per heavy atom. The third kappa shape index (κ3) is 1.60. The lowest BCUT2D eigenvalue weighted by Crippen LogP contribution is -2.28. The zero-order valence-corrected chi connectivity index (χ0v) is 10.7. The Balaban J connectivity index is 2.37. The molecule has 2 N–H and O–H groups in total. The van der Waals surface area contributed by atoms with Gasteiger partial charge >= 0.3 is 5.69 Å². The van der Waals surface area contributed by atoms with Crippen molar-refractivity contribution in [1.29, 1.82) is 0 Å². The molecular formula is C11H12N6O2. The van der Waals surface area contributed by atoms with Crippen molar-refractivity contribution in [2.45, 2.75) is 6.92 Å². The maximum atomic E-state index is 11.7. The number of nitrogens with zero attached hydrogens (tertiary/aromatic N) is 4. The summed E-state index contributed by atoms with van der Waals surface area (Å²) in [5, 5.41) is 4.22. The fraction of sp³-hybridized carbons (Fsp3) is 0.273. The third-order valence-corrected chi connectivity index (χ3v) is 3.02. The molecule has 0 aliphatic rings. The van der Waals surface area contributed by atoms with Crippen molar-refractivity contribution in [2.75, 3.05) is 0 Å². The second-order valence-electron chi connectivity index (χ2n) is 4.40. The average molecular weight is 260 g/mol.